The number of nitrogens with one attached hydrogen (secondary N) is 3. The van der Waals surface area contributed by atoms with Crippen molar-refractivity contribution in [3.63, 3.8) is 0 Å². The topological polar surface area (TPSA) is 210 Å². The molecule has 0 rings (SSSR count). The van der Waals surface area contributed by atoms with E-state index in [1.807, 2.05) is 6.92 Å². The van der Waals surface area contributed by atoms with Gasteiger partial charge in [-0.05, 0) is 6.42 Å². The summed E-state index contributed by atoms with van der Waals surface area (Å²) in [6.45, 7) is -0.781. The summed E-state index contributed by atoms with van der Waals surface area (Å²) in [5, 5.41) is 25.9. The second-order valence-electron chi connectivity index (χ2n) is 5.44. The van der Waals surface area contributed by atoms with Gasteiger partial charge in [-0.2, -0.15) is 30.0 Å². The van der Waals surface area contributed by atoms with Crippen molar-refractivity contribution in [1.29, 1.82) is 15.8 Å². The van der Waals surface area contributed by atoms with Crippen LogP contribution in [0.15, 0.2) is 0 Å². The number of rotatable bonds is 14. The summed E-state index contributed by atoms with van der Waals surface area (Å²) in [7, 11) is -15.6. The van der Waals surface area contributed by atoms with Gasteiger partial charge < -0.3 is 0 Å². The van der Waals surface area contributed by atoms with Crippen LogP contribution in [0.5, 0.6) is 0 Å². The van der Waals surface area contributed by atoms with Crippen LogP contribution in [0.25, 0.3) is 0 Å². The molecule has 0 bridgehead atoms. The van der Waals surface area contributed by atoms with Gasteiger partial charge in [-0.15, -0.1) is 0 Å². The van der Waals surface area contributed by atoms with Crippen LogP contribution in [-0.4, -0.2) is 48.3 Å². The summed E-state index contributed by atoms with van der Waals surface area (Å²) in [6, 6.07) is 4.31. The van der Waals surface area contributed by atoms with E-state index in [4.69, 9.17) is 15.8 Å². The van der Waals surface area contributed by atoms with Gasteiger partial charge in [-0.3, -0.25) is 0 Å². The molecular weight excluding hydrogens is 432 g/mol. The Morgan fingerprint density at radius 1 is 0.679 bits per heavy atom. The van der Waals surface area contributed by atoms with E-state index in [2.05, 4.69) is 0 Å². The molecule has 0 aliphatic carbocycles. The number of nitrogens with zero attached hydrogens (tertiary/aromatic N) is 3. The first kappa shape index (κ1) is 26.2. The second-order valence-corrected chi connectivity index (χ2v) is 12.2. The maximum Gasteiger partial charge on any atom is 0.313 e. The van der Waals surface area contributed by atoms with Crippen molar-refractivity contribution in [1.82, 2.24) is 14.2 Å². The van der Waals surface area contributed by atoms with Crippen LogP contribution in [0, 0.1) is 34.0 Å². The molecule has 0 aliphatic heterocycles. The van der Waals surface area contributed by atoms with Crippen molar-refractivity contribution >= 4 is 30.1 Å². The average molecular weight is 455 g/mol. The summed E-state index contributed by atoms with van der Waals surface area (Å²) in [6.07, 6.45) is 0.690. The van der Waals surface area contributed by atoms with Crippen LogP contribution in [0.3, 0.4) is 0 Å². The van der Waals surface area contributed by atoms with Crippen molar-refractivity contribution in [3.05, 3.63) is 0 Å². The molecule has 0 aliphatic rings. The Labute approximate surface area is 165 Å². The highest BCUT2D eigenvalue weighted by atomic mass is 32.3. The SMILES string of the molecule is CCCCCCC(S(=O)(=O)NCC#N)(S(=O)(=O)NCC#N)S(=O)(=O)NCC#N. The van der Waals surface area contributed by atoms with Gasteiger partial charge in [-0.1, -0.05) is 26.2 Å². The highest BCUT2D eigenvalue weighted by molar-refractivity contribution is 8.24. The largest absolute Gasteiger partial charge is 0.313 e. The normalized spacial score (nSPS) is 12.6. The van der Waals surface area contributed by atoms with E-state index in [9.17, 15) is 25.3 Å². The van der Waals surface area contributed by atoms with E-state index in [1.165, 1.54) is 18.2 Å². The Balaban J connectivity index is 6.73. The van der Waals surface area contributed by atoms with Crippen LogP contribution in [0.2, 0.25) is 0 Å². The predicted molar refractivity (Wildman–Crippen MR) is 99.1 cm³/mol. The van der Waals surface area contributed by atoms with Crippen molar-refractivity contribution in [3.8, 4) is 18.2 Å². The first-order valence-electron chi connectivity index (χ1n) is 8.08. The minimum atomic E-state index is -5.20. The third kappa shape index (κ3) is 5.85. The summed E-state index contributed by atoms with van der Waals surface area (Å²) in [5.41, 5.74) is 0. The molecule has 0 saturated carbocycles. The van der Waals surface area contributed by atoms with Crippen LogP contribution < -0.4 is 14.2 Å². The van der Waals surface area contributed by atoms with Crippen molar-refractivity contribution in [2.24, 2.45) is 0 Å². The van der Waals surface area contributed by atoms with Crippen molar-refractivity contribution in [2.45, 2.75) is 42.4 Å². The average Bonchev–Trinajstić information content (AvgIpc) is 2.62. The first-order valence-corrected chi connectivity index (χ1v) is 12.5. The molecule has 0 atom stereocenters. The van der Waals surface area contributed by atoms with E-state index >= 15 is 0 Å². The maximum atomic E-state index is 12.8. The van der Waals surface area contributed by atoms with Crippen LogP contribution in [-0.2, 0) is 30.1 Å². The lowest BCUT2D eigenvalue weighted by Gasteiger charge is -2.31. The third-order valence-electron chi connectivity index (χ3n) is 3.59. The highest BCUT2D eigenvalue weighted by Crippen LogP contribution is 2.35. The fourth-order valence-electron chi connectivity index (χ4n) is 2.32. The summed E-state index contributed by atoms with van der Waals surface area (Å²) < 4.78 is 78.5. The predicted octanol–water partition coefficient (Wildman–Crippen LogP) is -1.06. The van der Waals surface area contributed by atoms with E-state index < -0.39 is 59.5 Å². The number of hydrogen-bond acceptors (Lipinski definition) is 9. The van der Waals surface area contributed by atoms with Gasteiger partial charge in [0.05, 0.1) is 37.8 Å². The van der Waals surface area contributed by atoms with Gasteiger partial charge in [0.25, 0.3) is 30.1 Å². The molecule has 0 radical (unpaired) electrons. The summed E-state index contributed by atoms with van der Waals surface area (Å²) in [4.78, 5) is 0. The zero-order chi connectivity index (χ0) is 21.9. The van der Waals surface area contributed by atoms with Crippen molar-refractivity contribution < 1.29 is 25.3 Å². The highest BCUT2D eigenvalue weighted by Gasteiger charge is 2.64. The third-order valence-corrected chi connectivity index (χ3v) is 12.2. The van der Waals surface area contributed by atoms with Crippen LogP contribution in [0.1, 0.15) is 39.0 Å². The standard InChI is InChI=1S/C13H22N6O6S3/c1-2-3-4-5-6-13(26(20,21)17-10-7-14,27(22,23)18-11-8-15)28(24,25)19-12-9-16/h17-19H,2-6,10-12H2,1H3. The van der Waals surface area contributed by atoms with Gasteiger partial charge >= 0.3 is 3.41 Å². The molecule has 158 valence electrons. The van der Waals surface area contributed by atoms with Gasteiger partial charge in [0.15, 0.2) is 0 Å². The molecule has 0 fully saturated rings. The van der Waals surface area contributed by atoms with Gasteiger partial charge in [0.2, 0.25) is 0 Å². The molecule has 0 amide bonds. The molecule has 0 saturated heterocycles. The molecule has 0 heterocycles. The molecule has 0 spiro atoms. The van der Waals surface area contributed by atoms with E-state index in [1.54, 1.807) is 14.2 Å². The first-order chi connectivity index (χ1) is 13.0. The smallest absolute Gasteiger partial charge is 0.209 e. The summed E-state index contributed by atoms with van der Waals surface area (Å²) >= 11 is 0. The van der Waals surface area contributed by atoms with Gasteiger partial charge in [0.1, 0.15) is 0 Å². The van der Waals surface area contributed by atoms with Gasteiger partial charge in [0, 0.05) is 6.42 Å². The van der Waals surface area contributed by atoms with Gasteiger partial charge in [-0.25, -0.2) is 25.3 Å². The quantitative estimate of drug-likeness (QED) is 0.215. The molecular formula is C13H22N6O6S3. The zero-order valence-electron chi connectivity index (χ0n) is 15.2. The molecule has 28 heavy (non-hydrogen) atoms. The van der Waals surface area contributed by atoms with Crippen LogP contribution >= 0.6 is 0 Å². The number of nitriles is 3. The molecule has 0 aromatic heterocycles. The molecule has 15 heteroatoms. The number of hydrogen-bond donors (Lipinski definition) is 3. The second kappa shape index (κ2) is 11.3. The lowest BCUT2D eigenvalue weighted by molar-refractivity contribution is 0.515. The Hall–Kier alpha value is -1.80. The lowest BCUT2D eigenvalue weighted by atomic mass is 10.2. The fourth-order valence-corrected chi connectivity index (χ4v) is 9.51. The molecule has 0 aromatic rings. The summed E-state index contributed by atoms with van der Waals surface area (Å²) in [5.74, 6) is 0. The van der Waals surface area contributed by atoms with E-state index in [0.29, 0.717) is 19.3 Å². The Morgan fingerprint density at radius 3 is 1.32 bits per heavy atom. The molecule has 0 aromatic carbocycles. The van der Waals surface area contributed by atoms with Crippen LogP contribution in [0.4, 0.5) is 0 Å². The lowest BCUT2D eigenvalue weighted by Crippen LogP contribution is -2.63. The Bertz CT molecular complexity index is 837. The minimum absolute atomic E-state index is 0.0950. The molecule has 12 nitrogen and oxygen atoms in total. The molecule has 3 N–H and O–H groups in total. The number of sulfonamides is 3. The monoisotopic (exact) mass is 454 g/mol. The number of unbranched alkanes of at least 4 members (excludes halogenated alkanes) is 3. The minimum Gasteiger partial charge on any atom is -0.209 e. The Kier molecular flexibility index (Phi) is 10.5. The maximum absolute atomic E-state index is 12.8. The van der Waals surface area contributed by atoms with Crippen molar-refractivity contribution in [2.75, 3.05) is 19.6 Å². The molecule has 0 unspecified atom stereocenters. The Morgan fingerprint density at radius 2 is 1.04 bits per heavy atom. The zero-order valence-corrected chi connectivity index (χ0v) is 17.6. The van der Waals surface area contributed by atoms with E-state index in [-0.39, 0.29) is 6.42 Å². The van der Waals surface area contributed by atoms with E-state index in [0.717, 1.165) is 0 Å². The fraction of sp³-hybridized carbons (Fsp3) is 0.769.